The van der Waals surface area contributed by atoms with E-state index in [0.29, 0.717) is 11.2 Å². The third-order valence-electron chi connectivity index (χ3n) is 2.83. The van der Waals surface area contributed by atoms with Gasteiger partial charge in [-0.15, -0.1) is 11.3 Å². The van der Waals surface area contributed by atoms with Crippen LogP contribution in [0.25, 0.3) is 0 Å². The van der Waals surface area contributed by atoms with Crippen molar-refractivity contribution in [3.8, 4) is 5.75 Å². The Morgan fingerprint density at radius 2 is 1.89 bits per heavy atom. The van der Waals surface area contributed by atoms with Crippen LogP contribution in [-0.4, -0.2) is 23.0 Å². The number of carbonyl (C=O) groups is 3. The Balaban J connectivity index is 2.33. The van der Waals surface area contributed by atoms with E-state index in [2.05, 4.69) is 0 Å². The molecule has 88 valence electrons. The van der Waals surface area contributed by atoms with Crippen molar-refractivity contribution in [2.24, 2.45) is 0 Å². The Morgan fingerprint density at radius 1 is 1.11 bits per heavy atom. The summed E-state index contributed by atoms with van der Waals surface area (Å²) in [7, 11) is 0. The Bertz CT molecular complexity index is 712. The fraction of sp³-hybridized carbons (Fsp3) is 0. The summed E-state index contributed by atoms with van der Waals surface area (Å²) in [5.41, 5.74) is 0.401. The highest BCUT2D eigenvalue weighted by Crippen LogP contribution is 2.36. The maximum atomic E-state index is 12.2. The molecular weight excluding hydrogens is 252 g/mol. The van der Waals surface area contributed by atoms with Crippen molar-refractivity contribution in [3.05, 3.63) is 50.7 Å². The zero-order valence-corrected chi connectivity index (χ0v) is 9.78. The summed E-state index contributed by atoms with van der Waals surface area (Å²) < 4.78 is 0. The molecular formula is C13H6O4S. The predicted molar refractivity (Wildman–Crippen MR) is 64.7 cm³/mol. The minimum atomic E-state index is -0.415. The highest BCUT2D eigenvalue weighted by Gasteiger charge is 2.33. The number of benzene rings is 1. The van der Waals surface area contributed by atoms with E-state index in [1.807, 2.05) is 0 Å². The van der Waals surface area contributed by atoms with Gasteiger partial charge >= 0.3 is 0 Å². The molecule has 1 aliphatic carbocycles. The maximum Gasteiger partial charge on any atom is 0.204 e. The lowest BCUT2D eigenvalue weighted by atomic mass is 9.88. The number of phenols is 1. The molecule has 18 heavy (non-hydrogen) atoms. The molecule has 1 N–H and O–H groups in total. The van der Waals surface area contributed by atoms with E-state index in [0.717, 1.165) is 11.3 Å². The molecule has 1 aromatic carbocycles. The van der Waals surface area contributed by atoms with Crippen LogP contribution in [0.3, 0.4) is 0 Å². The molecule has 0 spiro atoms. The van der Waals surface area contributed by atoms with Crippen LogP contribution >= 0.6 is 11.3 Å². The van der Waals surface area contributed by atoms with Crippen LogP contribution < -0.4 is 0 Å². The molecule has 0 amide bonds. The van der Waals surface area contributed by atoms with Gasteiger partial charge in [0.2, 0.25) is 5.78 Å². The second-order valence-corrected chi connectivity index (χ2v) is 4.95. The fourth-order valence-electron chi connectivity index (χ4n) is 2.03. The first-order chi connectivity index (χ1) is 8.63. The molecule has 1 aliphatic rings. The maximum absolute atomic E-state index is 12.2. The Hall–Kier alpha value is -2.27. The average Bonchev–Trinajstić information content (AvgIpc) is 2.80. The van der Waals surface area contributed by atoms with Gasteiger partial charge in [-0.1, -0.05) is 6.07 Å². The third kappa shape index (κ3) is 1.28. The number of aromatic hydroxyl groups is 1. The van der Waals surface area contributed by atoms with Crippen LogP contribution in [0.5, 0.6) is 5.75 Å². The van der Waals surface area contributed by atoms with Crippen molar-refractivity contribution in [1.82, 2.24) is 0 Å². The van der Waals surface area contributed by atoms with Crippen LogP contribution in [0.2, 0.25) is 0 Å². The monoisotopic (exact) mass is 258 g/mol. The quantitative estimate of drug-likeness (QED) is 0.678. The van der Waals surface area contributed by atoms with Crippen molar-refractivity contribution >= 4 is 29.2 Å². The molecule has 0 unspecified atom stereocenters. The Labute approximate surface area is 105 Å². The lowest BCUT2D eigenvalue weighted by Crippen LogP contribution is -2.18. The van der Waals surface area contributed by atoms with Gasteiger partial charge in [0.15, 0.2) is 12.1 Å². The number of rotatable bonds is 1. The smallest absolute Gasteiger partial charge is 0.204 e. The van der Waals surface area contributed by atoms with Crippen LogP contribution in [0, 0.1) is 0 Å². The normalized spacial score (nSPS) is 13.1. The number of phenolic OH excluding ortho intramolecular Hbond substituents is 1. The third-order valence-corrected chi connectivity index (χ3v) is 3.89. The number of carbonyl (C=O) groups excluding carboxylic acids is 3. The average molecular weight is 258 g/mol. The van der Waals surface area contributed by atoms with Crippen LogP contribution in [0.4, 0.5) is 0 Å². The molecule has 1 heterocycles. The highest BCUT2D eigenvalue weighted by molar-refractivity contribution is 7.16. The van der Waals surface area contributed by atoms with Crippen molar-refractivity contribution < 1.29 is 19.5 Å². The minimum absolute atomic E-state index is 0.0187. The van der Waals surface area contributed by atoms with Crippen molar-refractivity contribution in [3.63, 3.8) is 0 Å². The van der Waals surface area contributed by atoms with E-state index in [4.69, 9.17) is 0 Å². The van der Waals surface area contributed by atoms with Gasteiger partial charge in [-0.3, -0.25) is 14.4 Å². The van der Waals surface area contributed by atoms with Crippen molar-refractivity contribution in [2.75, 3.05) is 0 Å². The molecule has 1 aromatic heterocycles. The number of hydrogen-bond donors (Lipinski definition) is 1. The van der Waals surface area contributed by atoms with Crippen LogP contribution in [-0.2, 0) is 0 Å². The largest absolute Gasteiger partial charge is 0.507 e. The molecule has 4 nitrogen and oxygen atoms in total. The summed E-state index contributed by atoms with van der Waals surface area (Å²) in [6.45, 7) is 0. The second-order valence-electron chi connectivity index (χ2n) is 3.87. The summed E-state index contributed by atoms with van der Waals surface area (Å²) in [6.07, 6.45) is 0.605. The van der Waals surface area contributed by atoms with Crippen molar-refractivity contribution in [2.45, 2.75) is 0 Å². The second kappa shape index (κ2) is 3.61. The van der Waals surface area contributed by atoms with Gasteiger partial charge in [0.25, 0.3) is 0 Å². The number of hydrogen-bond acceptors (Lipinski definition) is 5. The van der Waals surface area contributed by atoms with E-state index in [9.17, 15) is 19.5 Å². The molecule has 0 bridgehead atoms. The van der Waals surface area contributed by atoms with E-state index in [-0.39, 0.29) is 33.1 Å². The summed E-state index contributed by atoms with van der Waals surface area (Å²) in [4.78, 5) is 35.7. The van der Waals surface area contributed by atoms with Crippen LogP contribution in [0.15, 0.2) is 24.3 Å². The molecule has 0 atom stereocenters. The van der Waals surface area contributed by atoms with Crippen LogP contribution in [0.1, 0.15) is 40.8 Å². The van der Waals surface area contributed by atoms with Gasteiger partial charge in [0.05, 0.1) is 15.3 Å². The predicted octanol–water partition coefficient (Wildman–Crippen LogP) is 2.04. The molecule has 3 rings (SSSR count). The molecule has 0 fully saturated rings. The first kappa shape index (κ1) is 10.9. The molecule has 2 aromatic rings. The zero-order chi connectivity index (χ0) is 12.9. The van der Waals surface area contributed by atoms with E-state index in [1.165, 1.54) is 24.3 Å². The minimum Gasteiger partial charge on any atom is -0.507 e. The van der Waals surface area contributed by atoms with Gasteiger partial charge < -0.3 is 5.11 Å². The molecule has 0 radical (unpaired) electrons. The number of thiophene rings is 1. The van der Waals surface area contributed by atoms with E-state index in [1.54, 1.807) is 0 Å². The van der Waals surface area contributed by atoms with Gasteiger partial charge in [0, 0.05) is 11.1 Å². The summed E-state index contributed by atoms with van der Waals surface area (Å²) in [6, 6.07) is 5.77. The number of ketones is 2. The first-order valence-electron chi connectivity index (χ1n) is 5.14. The molecule has 0 aliphatic heterocycles. The van der Waals surface area contributed by atoms with E-state index < -0.39 is 5.78 Å². The first-order valence-corrected chi connectivity index (χ1v) is 5.95. The van der Waals surface area contributed by atoms with Gasteiger partial charge in [0.1, 0.15) is 5.75 Å². The highest BCUT2D eigenvalue weighted by atomic mass is 32.1. The molecule has 0 saturated heterocycles. The summed E-state index contributed by atoms with van der Waals surface area (Å²) in [5.74, 6) is -0.953. The Morgan fingerprint density at radius 3 is 2.61 bits per heavy atom. The van der Waals surface area contributed by atoms with Gasteiger partial charge in [-0.25, -0.2) is 0 Å². The number of aldehydes is 1. The number of fused-ring (bicyclic) bond motifs is 2. The summed E-state index contributed by atoms with van der Waals surface area (Å²) in [5, 5.41) is 9.69. The molecule has 0 saturated carbocycles. The van der Waals surface area contributed by atoms with Gasteiger partial charge in [-0.05, 0) is 18.2 Å². The molecule has 5 heteroatoms. The topological polar surface area (TPSA) is 71.4 Å². The van der Waals surface area contributed by atoms with E-state index >= 15 is 0 Å². The lowest BCUT2D eigenvalue weighted by Gasteiger charge is -2.14. The fourth-order valence-corrected chi connectivity index (χ4v) is 2.96. The van der Waals surface area contributed by atoms with Crippen molar-refractivity contribution in [1.29, 1.82) is 0 Å². The zero-order valence-electron chi connectivity index (χ0n) is 8.97. The Kier molecular flexibility index (Phi) is 2.18. The van der Waals surface area contributed by atoms with Gasteiger partial charge in [-0.2, -0.15) is 0 Å². The standard InChI is InChI=1S/C13H6O4S/c14-5-6-4-8-11(16)10-7(2-1-3-9(10)15)12(17)13(8)18-6/h1-5,15H. The summed E-state index contributed by atoms with van der Waals surface area (Å²) >= 11 is 0.997. The lowest BCUT2D eigenvalue weighted by molar-refractivity contribution is 0.0980. The SMILES string of the molecule is O=Cc1cc2c(s1)C(=O)c1cccc(O)c1C2=O.